The number of aryl methyl sites for hydroxylation is 3. The smallest absolute Gasteiger partial charge is 0.261 e. The number of sulfonamides is 1. The van der Waals surface area contributed by atoms with Crippen LogP contribution in [0, 0.1) is 13.8 Å². The molecule has 0 unspecified atom stereocenters. The number of anilines is 2. The molecule has 3 aromatic rings. The number of aromatic nitrogens is 2. The Balaban J connectivity index is 1.67. The normalized spacial score (nSPS) is 11.3. The minimum atomic E-state index is -3.75. The van der Waals surface area contributed by atoms with Gasteiger partial charge in [-0.05, 0) is 67.8 Å². The van der Waals surface area contributed by atoms with E-state index in [0.29, 0.717) is 16.4 Å². The second kappa shape index (κ2) is 9.36. The van der Waals surface area contributed by atoms with Gasteiger partial charge in [0.1, 0.15) is 5.01 Å². The first kappa shape index (κ1) is 21.9. The molecule has 0 radical (unpaired) electrons. The zero-order valence-corrected chi connectivity index (χ0v) is 18.7. The molecule has 0 aliphatic carbocycles. The Morgan fingerprint density at radius 1 is 1.03 bits per heavy atom. The number of amides is 1. The van der Waals surface area contributed by atoms with Gasteiger partial charge in [0, 0.05) is 17.7 Å². The number of benzene rings is 2. The third-order valence-corrected chi connectivity index (χ3v) is 6.91. The summed E-state index contributed by atoms with van der Waals surface area (Å²) in [4.78, 5) is 12.5. The molecule has 2 aromatic carbocycles. The summed E-state index contributed by atoms with van der Waals surface area (Å²) < 4.78 is 27.8. The van der Waals surface area contributed by atoms with Crippen LogP contribution >= 0.6 is 11.3 Å². The fourth-order valence-corrected chi connectivity index (χ4v) is 4.53. The molecule has 3 rings (SSSR count). The Hall–Kier alpha value is -2.78. The van der Waals surface area contributed by atoms with E-state index in [2.05, 4.69) is 27.2 Å². The lowest BCUT2D eigenvalue weighted by Crippen LogP contribution is -2.15. The van der Waals surface area contributed by atoms with Crippen LogP contribution in [0.15, 0.2) is 47.4 Å². The summed E-state index contributed by atoms with van der Waals surface area (Å²) in [5, 5.41) is 12.1. The van der Waals surface area contributed by atoms with E-state index in [1.165, 1.54) is 35.6 Å². The Kier molecular flexibility index (Phi) is 6.84. The summed E-state index contributed by atoms with van der Waals surface area (Å²) in [5.41, 5.74) is 2.92. The van der Waals surface area contributed by atoms with Crippen molar-refractivity contribution in [1.29, 1.82) is 0 Å². The molecule has 0 aliphatic rings. The summed E-state index contributed by atoms with van der Waals surface area (Å²) in [6.45, 7) is 5.99. The predicted octanol–water partition coefficient (Wildman–Crippen LogP) is 4.55. The first-order valence-corrected chi connectivity index (χ1v) is 11.9. The van der Waals surface area contributed by atoms with Crippen LogP contribution in [0.2, 0.25) is 0 Å². The number of hydrogen-bond donors (Lipinski definition) is 2. The van der Waals surface area contributed by atoms with Crippen molar-refractivity contribution < 1.29 is 13.2 Å². The van der Waals surface area contributed by atoms with Crippen molar-refractivity contribution in [3.05, 3.63) is 64.2 Å². The Morgan fingerprint density at radius 3 is 2.43 bits per heavy atom. The van der Waals surface area contributed by atoms with Crippen LogP contribution in [0.3, 0.4) is 0 Å². The fraction of sp³-hybridized carbons (Fsp3) is 0.286. The van der Waals surface area contributed by atoms with Crippen LogP contribution in [-0.4, -0.2) is 24.5 Å². The fourth-order valence-electron chi connectivity index (χ4n) is 2.71. The molecule has 158 valence electrons. The van der Waals surface area contributed by atoms with Crippen LogP contribution in [-0.2, 0) is 16.4 Å². The summed E-state index contributed by atoms with van der Waals surface area (Å²) >= 11 is 1.35. The maximum Gasteiger partial charge on any atom is 0.261 e. The molecule has 0 bridgehead atoms. The zero-order valence-electron chi connectivity index (χ0n) is 17.1. The number of nitrogens with one attached hydrogen (secondary N) is 2. The average molecular weight is 445 g/mol. The molecule has 9 heteroatoms. The maximum atomic E-state index is 12.6. The van der Waals surface area contributed by atoms with Crippen molar-refractivity contribution in [3.63, 3.8) is 0 Å². The standard InChI is InChI=1S/C21H24N4O3S2/c1-4-5-6-19-23-24-21(29-19)22-20(26)16-8-11-18(12-9-16)30(27,28)25-17-10-7-14(2)15(3)13-17/h7-13,25H,4-6H2,1-3H3,(H,22,24,26). The van der Waals surface area contributed by atoms with E-state index in [9.17, 15) is 13.2 Å². The third kappa shape index (κ3) is 5.43. The molecule has 0 saturated heterocycles. The average Bonchev–Trinajstić information content (AvgIpc) is 3.16. The van der Waals surface area contributed by atoms with Gasteiger partial charge in [0.15, 0.2) is 0 Å². The zero-order chi connectivity index (χ0) is 21.7. The van der Waals surface area contributed by atoms with E-state index >= 15 is 0 Å². The van der Waals surface area contributed by atoms with Crippen molar-refractivity contribution in [2.75, 3.05) is 10.0 Å². The van der Waals surface area contributed by atoms with E-state index in [1.54, 1.807) is 12.1 Å². The highest BCUT2D eigenvalue weighted by Crippen LogP contribution is 2.21. The lowest BCUT2D eigenvalue weighted by molar-refractivity contribution is 0.102. The molecule has 2 N–H and O–H groups in total. The molecule has 0 saturated carbocycles. The van der Waals surface area contributed by atoms with Gasteiger partial charge in [0.25, 0.3) is 15.9 Å². The molecule has 1 heterocycles. The molecule has 7 nitrogen and oxygen atoms in total. The van der Waals surface area contributed by atoms with E-state index in [1.807, 2.05) is 19.9 Å². The van der Waals surface area contributed by atoms with E-state index < -0.39 is 10.0 Å². The van der Waals surface area contributed by atoms with Crippen LogP contribution < -0.4 is 10.0 Å². The van der Waals surface area contributed by atoms with E-state index in [4.69, 9.17) is 0 Å². The summed E-state index contributed by atoms with van der Waals surface area (Å²) in [5.74, 6) is -0.362. The van der Waals surface area contributed by atoms with Crippen LogP contribution in [0.25, 0.3) is 0 Å². The highest BCUT2D eigenvalue weighted by Gasteiger charge is 2.16. The van der Waals surface area contributed by atoms with Crippen LogP contribution in [0.5, 0.6) is 0 Å². The molecule has 1 amide bonds. The topological polar surface area (TPSA) is 101 Å². The van der Waals surface area contributed by atoms with Crippen molar-refractivity contribution in [2.45, 2.75) is 44.9 Å². The van der Waals surface area contributed by atoms with E-state index in [0.717, 1.165) is 35.4 Å². The van der Waals surface area contributed by atoms with Gasteiger partial charge in [-0.25, -0.2) is 8.42 Å². The minimum absolute atomic E-state index is 0.0787. The van der Waals surface area contributed by atoms with Crippen molar-refractivity contribution >= 4 is 38.1 Å². The summed E-state index contributed by atoms with van der Waals surface area (Å²) in [6.07, 6.45) is 2.92. The number of unbranched alkanes of at least 4 members (excludes halogenated alkanes) is 1. The van der Waals surface area contributed by atoms with Crippen LogP contribution in [0.1, 0.15) is 46.3 Å². The van der Waals surface area contributed by atoms with Gasteiger partial charge in [-0.15, -0.1) is 10.2 Å². The van der Waals surface area contributed by atoms with E-state index in [-0.39, 0.29) is 10.8 Å². The molecule has 0 fully saturated rings. The third-order valence-electron chi connectivity index (χ3n) is 4.62. The first-order chi connectivity index (χ1) is 14.3. The molecule has 0 aliphatic heterocycles. The molecule has 30 heavy (non-hydrogen) atoms. The van der Waals surface area contributed by atoms with Crippen molar-refractivity contribution in [1.82, 2.24) is 10.2 Å². The number of carbonyl (C=O) groups is 1. The van der Waals surface area contributed by atoms with Gasteiger partial charge < -0.3 is 0 Å². The minimum Gasteiger partial charge on any atom is -0.296 e. The molecule has 1 aromatic heterocycles. The van der Waals surface area contributed by atoms with Gasteiger partial charge in [0.05, 0.1) is 4.90 Å². The Labute approximate surface area is 180 Å². The molecule has 0 atom stereocenters. The van der Waals surface area contributed by atoms with Gasteiger partial charge in [0.2, 0.25) is 5.13 Å². The molecule has 0 spiro atoms. The number of rotatable bonds is 8. The monoisotopic (exact) mass is 444 g/mol. The molecular formula is C21H24N4O3S2. The molecular weight excluding hydrogens is 420 g/mol. The van der Waals surface area contributed by atoms with Gasteiger partial charge in [-0.2, -0.15) is 0 Å². The van der Waals surface area contributed by atoms with Crippen LogP contribution in [0.4, 0.5) is 10.8 Å². The SMILES string of the molecule is CCCCc1nnc(NC(=O)c2ccc(S(=O)(=O)Nc3ccc(C)c(C)c3)cc2)s1. The maximum absolute atomic E-state index is 12.6. The number of carbonyl (C=O) groups excluding carboxylic acids is 1. The van der Waals surface area contributed by atoms with Crippen molar-refractivity contribution in [2.24, 2.45) is 0 Å². The second-order valence-corrected chi connectivity index (χ2v) is 9.73. The summed E-state index contributed by atoms with van der Waals surface area (Å²) in [6, 6.07) is 11.1. The first-order valence-electron chi connectivity index (χ1n) is 9.62. The van der Waals surface area contributed by atoms with Gasteiger partial charge in [-0.3, -0.25) is 14.8 Å². The largest absolute Gasteiger partial charge is 0.296 e. The summed E-state index contributed by atoms with van der Waals surface area (Å²) in [7, 11) is -3.75. The Bertz CT molecular complexity index is 1140. The predicted molar refractivity (Wildman–Crippen MR) is 120 cm³/mol. The second-order valence-electron chi connectivity index (χ2n) is 6.99. The lowest BCUT2D eigenvalue weighted by Gasteiger charge is -2.10. The van der Waals surface area contributed by atoms with Gasteiger partial charge in [-0.1, -0.05) is 30.7 Å². The quantitative estimate of drug-likeness (QED) is 0.531. The highest BCUT2D eigenvalue weighted by molar-refractivity contribution is 7.92. The lowest BCUT2D eigenvalue weighted by atomic mass is 10.1. The number of nitrogens with zero attached hydrogens (tertiary/aromatic N) is 2. The Morgan fingerprint density at radius 2 is 1.77 bits per heavy atom. The van der Waals surface area contributed by atoms with Crippen molar-refractivity contribution in [3.8, 4) is 0 Å². The number of hydrogen-bond acceptors (Lipinski definition) is 6. The highest BCUT2D eigenvalue weighted by atomic mass is 32.2. The van der Waals surface area contributed by atoms with Gasteiger partial charge >= 0.3 is 0 Å².